The maximum Gasteiger partial charge on any atom is 0.0320 e. The molecule has 1 nitrogen and oxygen atoms in total. The standard InChI is InChI=1S/C19H31N/c1-3-4-8-16-11-13-18(14-12-16)19(20-2)15-17-9-6-5-7-10-17/h11-14,17,19-20H,3-10,15H2,1-2H3. The van der Waals surface area contributed by atoms with Crippen molar-refractivity contribution in [3.63, 3.8) is 0 Å². The van der Waals surface area contributed by atoms with Crippen LogP contribution >= 0.6 is 0 Å². The van der Waals surface area contributed by atoms with Crippen molar-refractivity contribution in [1.29, 1.82) is 0 Å². The number of nitrogens with one attached hydrogen (secondary N) is 1. The van der Waals surface area contributed by atoms with E-state index in [4.69, 9.17) is 0 Å². The Morgan fingerprint density at radius 2 is 1.80 bits per heavy atom. The van der Waals surface area contributed by atoms with E-state index in [0.717, 1.165) is 5.92 Å². The van der Waals surface area contributed by atoms with Crippen molar-refractivity contribution in [2.24, 2.45) is 5.92 Å². The van der Waals surface area contributed by atoms with Crippen molar-refractivity contribution in [2.75, 3.05) is 7.05 Å². The lowest BCUT2D eigenvalue weighted by Crippen LogP contribution is -2.21. The third-order valence-corrected chi connectivity index (χ3v) is 4.84. The van der Waals surface area contributed by atoms with Gasteiger partial charge in [0, 0.05) is 6.04 Å². The highest BCUT2D eigenvalue weighted by Crippen LogP contribution is 2.31. The van der Waals surface area contributed by atoms with E-state index in [1.165, 1.54) is 68.9 Å². The number of hydrogen-bond acceptors (Lipinski definition) is 1. The summed E-state index contributed by atoms with van der Waals surface area (Å²) in [6.45, 7) is 2.26. The number of hydrogen-bond donors (Lipinski definition) is 1. The van der Waals surface area contributed by atoms with E-state index in [9.17, 15) is 0 Å². The van der Waals surface area contributed by atoms with Crippen LogP contribution in [0.1, 0.15) is 75.5 Å². The lowest BCUT2D eigenvalue weighted by molar-refractivity contribution is 0.306. The molecule has 0 saturated heterocycles. The van der Waals surface area contributed by atoms with Gasteiger partial charge in [0.15, 0.2) is 0 Å². The van der Waals surface area contributed by atoms with E-state index < -0.39 is 0 Å². The normalized spacial score (nSPS) is 18.1. The second-order valence-corrected chi connectivity index (χ2v) is 6.43. The predicted octanol–water partition coefficient (Wildman–Crippen LogP) is 5.26. The molecule has 1 aliphatic carbocycles. The van der Waals surface area contributed by atoms with E-state index in [1.54, 1.807) is 0 Å². The van der Waals surface area contributed by atoms with Crippen LogP contribution in [0.3, 0.4) is 0 Å². The number of benzene rings is 1. The van der Waals surface area contributed by atoms with Crippen LogP contribution in [-0.2, 0) is 6.42 Å². The fraction of sp³-hybridized carbons (Fsp3) is 0.684. The lowest BCUT2D eigenvalue weighted by atomic mass is 9.83. The van der Waals surface area contributed by atoms with Crippen molar-refractivity contribution < 1.29 is 0 Å². The van der Waals surface area contributed by atoms with Gasteiger partial charge in [-0.05, 0) is 43.4 Å². The van der Waals surface area contributed by atoms with Gasteiger partial charge in [-0.2, -0.15) is 0 Å². The molecule has 1 aliphatic rings. The molecular formula is C19H31N. The SMILES string of the molecule is CCCCc1ccc(C(CC2CCCCC2)NC)cc1. The molecule has 2 rings (SSSR count). The van der Waals surface area contributed by atoms with Crippen molar-refractivity contribution in [1.82, 2.24) is 5.32 Å². The molecule has 112 valence electrons. The van der Waals surface area contributed by atoms with Gasteiger partial charge in [0.05, 0.1) is 0 Å². The minimum absolute atomic E-state index is 0.540. The summed E-state index contributed by atoms with van der Waals surface area (Å²) in [6, 6.07) is 9.88. The molecule has 0 aliphatic heterocycles. The van der Waals surface area contributed by atoms with Gasteiger partial charge in [-0.1, -0.05) is 69.7 Å². The minimum Gasteiger partial charge on any atom is -0.313 e. The molecule has 0 spiro atoms. The van der Waals surface area contributed by atoms with E-state index in [0.29, 0.717) is 6.04 Å². The average molecular weight is 273 g/mol. The van der Waals surface area contributed by atoms with E-state index in [-0.39, 0.29) is 0 Å². The molecular weight excluding hydrogens is 242 g/mol. The highest BCUT2D eigenvalue weighted by atomic mass is 14.9. The minimum atomic E-state index is 0.540. The zero-order valence-corrected chi connectivity index (χ0v) is 13.3. The third kappa shape index (κ3) is 4.63. The molecule has 1 unspecified atom stereocenters. The first-order valence-corrected chi connectivity index (χ1v) is 8.59. The molecule has 1 N–H and O–H groups in total. The first-order valence-electron chi connectivity index (χ1n) is 8.59. The second kappa shape index (κ2) is 8.46. The van der Waals surface area contributed by atoms with Gasteiger partial charge in [0.1, 0.15) is 0 Å². The smallest absolute Gasteiger partial charge is 0.0320 e. The monoisotopic (exact) mass is 273 g/mol. The summed E-state index contributed by atoms with van der Waals surface area (Å²) >= 11 is 0. The van der Waals surface area contributed by atoms with Crippen LogP contribution in [0.15, 0.2) is 24.3 Å². The summed E-state index contributed by atoms with van der Waals surface area (Å²) in [5.41, 5.74) is 2.96. The molecule has 0 radical (unpaired) electrons. The largest absolute Gasteiger partial charge is 0.313 e. The lowest BCUT2D eigenvalue weighted by Gasteiger charge is -2.26. The Morgan fingerprint density at radius 1 is 1.10 bits per heavy atom. The summed E-state index contributed by atoms with van der Waals surface area (Å²) < 4.78 is 0. The van der Waals surface area contributed by atoms with Crippen LogP contribution in [-0.4, -0.2) is 7.05 Å². The topological polar surface area (TPSA) is 12.0 Å². The number of aryl methyl sites for hydroxylation is 1. The number of rotatable bonds is 7. The summed E-state index contributed by atoms with van der Waals surface area (Å²) in [7, 11) is 2.11. The molecule has 1 aromatic carbocycles. The van der Waals surface area contributed by atoms with Crippen LogP contribution in [0.2, 0.25) is 0 Å². The van der Waals surface area contributed by atoms with E-state index in [2.05, 4.69) is 43.6 Å². The molecule has 1 atom stereocenters. The maximum absolute atomic E-state index is 3.53. The van der Waals surface area contributed by atoms with Gasteiger partial charge >= 0.3 is 0 Å². The predicted molar refractivity (Wildman–Crippen MR) is 88.0 cm³/mol. The Kier molecular flexibility index (Phi) is 6.59. The summed E-state index contributed by atoms with van der Waals surface area (Å²) in [5.74, 6) is 0.931. The molecule has 1 saturated carbocycles. The highest BCUT2D eigenvalue weighted by molar-refractivity contribution is 5.25. The van der Waals surface area contributed by atoms with E-state index in [1.807, 2.05) is 0 Å². The Hall–Kier alpha value is -0.820. The number of unbranched alkanes of at least 4 members (excludes halogenated alkanes) is 1. The first-order chi connectivity index (χ1) is 9.83. The fourth-order valence-electron chi connectivity index (χ4n) is 3.47. The van der Waals surface area contributed by atoms with Gasteiger partial charge < -0.3 is 5.32 Å². The third-order valence-electron chi connectivity index (χ3n) is 4.84. The van der Waals surface area contributed by atoms with Crippen molar-refractivity contribution >= 4 is 0 Å². The zero-order chi connectivity index (χ0) is 14.2. The fourth-order valence-corrected chi connectivity index (χ4v) is 3.47. The van der Waals surface area contributed by atoms with Gasteiger partial charge in [0.25, 0.3) is 0 Å². The molecule has 1 heteroatoms. The van der Waals surface area contributed by atoms with Gasteiger partial charge in [-0.3, -0.25) is 0 Å². The first kappa shape index (κ1) is 15.6. The van der Waals surface area contributed by atoms with Crippen molar-refractivity contribution in [3.05, 3.63) is 35.4 Å². The average Bonchev–Trinajstić information content (AvgIpc) is 2.52. The molecule has 1 fully saturated rings. The Morgan fingerprint density at radius 3 is 2.40 bits per heavy atom. The summed E-state index contributed by atoms with van der Waals surface area (Å²) in [5, 5.41) is 3.53. The quantitative estimate of drug-likeness (QED) is 0.714. The summed E-state index contributed by atoms with van der Waals surface area (Å²) in [4.78, 5) is 0. The molecule has 0 bridgehead atoms. The Bertz CT molecular complexity index is 362. The molecule has 0 aromatic heterocycles. The molecule has 0 amide bonds. The van der Waals surface area contributed by atoms with Gasteiger partial charge in [-0.15, -0.1) is 0 Å². The van der Waals surface area contributed by atoms with Crippen LogP contribution in [0, 0.1) is 5.92 Å². The van der Waals surface area contributed by atoms with Crippen molar-refractivity contribution in [3.8, 4) is 0 Å². The van der Waals surface area contributed by atoms with Crippen LogP contribution < -0.4 is 5.32 Å². The maximum atomic E-state index is 3.53. The molecule has 1 aromatic rings. The second-order valence-electron chi connectivity index (χ2n) is 6.43. The van der Waals surface area contributed by atoms with Crippen LogP contribution in [0.25, 0.3) is 0 Å². The molecule has 20 heavy (non-hydrogen) atoms. The highest BCUT2D eigenvalue weighted by Gasteiger charge is 2.19. The van der Waals surface area contributed by atoms with Crippen molar-refractivity contribution in [2.45, 2.75) is 70.8 Å². The Labute approximate surface area is 125 Å². The van der Waals surface area contributed by atoms with E-state index >= 15 is 0 Å². The Balaban J connectivity index is 1.92. The molecule has 0 heterocycles. The van der Waals surface area contributed by atoms with Crippen LogP contribution in [0.4, 0.5) is 0 Å². The zero-order valence-electron chi connectivity index (χ0n) is 13.3. The van der Waals surface area contributed by atoms with Gasteiger partial charge in [-0.25, -0.2) is 0 Å². The van der Waals surface area contributed by atoms with Crippen LogP contribution in [0.5, 0.6) is 0 Å². The summed E-state index contributed by atoms with van der Waals surface area (Å²) in [6.07, 6.45) is 12.3. The van der Waals surface area contributed by atoms with Gasteiger partial charge in [0.2, 0.25) is 0 Å².